The smallest absolute Gasteiger partial charge is 0.158 e. The highest BCUT2D eigenvalue weighted by Crippen LogP contribution is 2.30. The molecule has 0 fully saturated rings. The van der Waals surface area contributed by atoms with Gasteiger partial charge in [-0.1, -0.05) is 23.7 Å². The van der Waals surface area contributed by atoms with Crippen molar-refractivity contribution in [1.82, 2.24) is 15.0 Å². The monoisotopic (exact) mass is 350 g/mol. The molecular formula is C19H15ClN4O. The van der Waals surface area contributed by atoms with Crippen molar-refractivity contribution >= 4 is 34.1 Å². The fraction of sp³-hybridized carbons (Fsp3) is 0.0526. The van der Waals surface area contributed by atoms with Gasteiger partial charge in [0.15, 0.2) is 5.82 Å². The van der Waals surface area contributed by atoms with Gasteiger partial charge >= 0.3 is 0 Å². The van der Waals surface area contributed by atoms with Crippen molar-refractivity contribution in [2.45, 2.75) is 0 Å². The van der Waals surface area contributed by atoms with Crippen LogP contribution in [-0.2, 0) is 0 Å². The minimum atomic E-state index is 0.652. The number of fused-ring (bicyclic) bond motifs is 1. The lowest BCUT2D eigenvalue weighted by Crippen LogP contribution is -1.94. The number of H-pyrrole nitrogens is 1. The normalized spacial score (nSPS) is 10.8. The average molecular weight is 351 g/mol. The van der Waals surface area contributed by atoms with Gasteiger partial charge in [0.05, 0.1) is 17.6 Å². The summed E-state index contributed by atoms with van der Waals surface area (Å²) in [5, 5.41) is 3.95. The topological polar surface area (TPSA) is 62.8 Å². The van der Waals surface area contributed by atoms with Crippen LogP contribution in [0.1, 0.15) is 0 Å². The maximum absolute atomic E-state index is 6.28. The summed E-state index contributed by atoms with van der Waals surface area (Å²) < 4.78 is 5.18. The Hall–Kier alpha value is -3.05. The lowest BCUT2D eigenvalue weighted by molar-refractivity contribution is 0.415. The van der Waals surface area contributed by atoms with E-state index in [1.165, 1.54) is 0 Å². The number of halogens is 1. The maximum Gasteiger partial charge on any atom is 0.158 e. The van der Waals surface area contributed by atoms with Crippen LogP contribution in [0.5, 0.6) is 5.75 Å². The molecule has 0 radical (unpaired) electrons. The first-order valence-electron chi connectivity index (χ1n) is 7.75. The first-order valence-corrected chi connectivity index (χ1v) is 8.13. The number of ether oxygens (including phenoxy) is 1. The van der Waals surface area contributed by atoms with Crippen LogP contribution in [0.3, 0.4) is 0 Å². The number of imidazole rings is 1. The van der Waals surface area contributed by atoms with Crippen molar-refractivity contribution < 1.29 is 4.74 Å². The van der Waals surface area contributed by atoms with E-state index in [1.54, 1.807) is 13.3 Å². The Morgan fingerprint density at radius 2 is 1.84 bits per heavy atom. The lowest BCUT2D eigenvalue weighted by Gasteiger charge is -2.06. The number of rotatable bonds is 4. The molecule has 0 atom stereocenters. The number of hydrogen-bond donors (Lipinski definition) is 2. The van der Waals surface area contributed by atoms with E-state index < -0.39 is 0 Å². The van der Waals surface area contributed by atoms with Crippen LogP contribution in [0, 0.1) is 0 Å². The fourth-order valence-electron chi connectivity index (χ4n) is 2.62. The van der Waals surface area contributed by atoms with Crippen molar-refractivity contribution in [3.8, 4) is 17.1 Å². The molecular weight excluding hydrogens is 336 g/mol. The SMILES string of the molecule is COc1ccc(Nc2nccc3[nH]c(-c4ccccc4Cl)nc23)cc1. The molecule has 0 unspecified atom stereocenters. The highest BCUT2D eigenvalue weighted by atomic mass is 35.5. The summed E-state index contributed by atoms with van der Waals surface area (Å²) in [5.41, 5.74) is 3.41. The van der Waals surface area contributed by atoms with E-state index in [1.807, 2.05) is 54.6 Å². The molecule has 25 heavy (non-hydrogen) atoms. The zero-order valence-corrected chi connectivity index (χ0v) is 14.2. The molecule has 6 heteroatoms. The number of anilines is 2. The zero-order valence-electron chi connectivity index (χ0n) is 13.5. The van der Waals surface area contributed by atoms with Crippen LogP contribution < -0.4 is 10.1 Å². The molecule has 4 rings (SSSR count). The Kier molecular flexibility index (Phi) is 3.99. The van der Waals surface area contributed by atoms with Crippen LogP contribution in [-0.4, -0.2) is 22.1 Å². The quantitative estimate of drug-likeness (QED) is 0.541. The van der Waals surface area contributed by atoms with E-state index in [0.717, 1.165) is 28.0 Å². The third-order valence-electron chi connectivity index (χ3n) is 3.88. The zero-order chi connectivity index (χ0) is 17.2. The molecule has 0 amide bonds. The molecule has 0 bridgehead atoms. The Labute approximate surface area is 149 Å². The van der Waals surface area contributed by atoms with Gasteiger partial charge in [0.1, 0.15) is 17.1 Å². The molecule has 2 N–H and O–H groups in total. The number of nitrogens with one attached hydrogen (secondary N) is 2. The molecule has 2 aromatic carbocycles. The van der Waals surface area contributed by atoms with E-state index in [0.29, 0.717) is 16.7 Å². The van der Waals surface area contributed by atoms with E-state index in [2.05, 4.69) is 20.3 Å². The van der Waals surface area contributed by atoms with Crippen molar-refractivity contribution in [2.75, 3.05) is 12.4 Å². The minimum absolute atomic E-state index is 0.652. The molecule has 5 nitrogen and oxygen atoms in total. The van der Waals surface area contributed by atoms with Gasteiger partial charge in [-0.05, 0) is 42.5 Å². The summed E-state index contributed by atoms with van der Waals surface area (Å²) in [4.78, 5) is 12.4. The summed E-state index contributed by atoms with van der Waals surface area (Å²) in [6, 6.07) is 17.1. The van der Waals surface area contributed by atoms with Crippen LogP contribution in [0.2, 0.25) is 5.02 Å². The summed E-state index contributed by atoms with van der Waals surface area (Å²) in [7, 11) is 1.64. The van der Waals surface area contributed by atoms with Crippen molar-refractivity contribution in [2.24, 2.45) is 0 Å². The van der Waals surface area contributed by atoms with Gasteiger partial charge < -0.3 is 15.0 Å². The predicted octanol–water partition coefficient (Wildman–Crippen LogP) is 5.03. The molecule has 0 spiro atoms. The van der Waals surface area contributed by atoms with E-state index in [9.17, 15) is 0 Å². The van der Waals surface area contributed by atoms with Gasteiger partial charge in [0, 0.05) is 17.4 Å². The largest absolute Gasteiger partial charge is 0.497 e. The summed E-state index contributed by atoms with van der Waals surface area (Å²) >= 11 is 6.28. The first-order chi connectivity index (χ1) is 12.2. The van der Waals surface area contributed by atoms with Crippen molar-refractivity contribution in [1.29, 1.82) is 0 Å². The summed E-state index contributed by atoms with van der Waals surface area (Å²) in [6.45, 7) is 0. The fourth-order valence-corrected chi connectivity index (χ4v) is 2.84. The van der Waals surface area contributed by atoms with Gasteiger partial charge in [0.25, 0.3) is 0 Å². The lowest BCUT2D eigenvalue weighted by atomic mass is 10.2. The molecule has 124 valence electrons. The molecule has 2 aromatic heterocycles. The van der Waals surface area contributed by atoms with Crippen molar-refractivity contribution in [3.05, 3.63) is 65.8 Å². The second-order valence-corrected chi connectivity index (χ2v) is 5.88. The minimum Gasteiger partial charge on any atom is -0.497 e. The van der Waals surface area contributed by atoms with E-state index in [-0.39, 0.29) is 0 Å². The standard InChI is InChI=1S/C19H15ClN4O/c1-25-13-8-6-12(7-9-13)22-19-17-16(10-11-21-19)23-18(24-17)14-4-2-3-5-15(14)20/h2-11H,1H3,(H,21,22)(H,23,24). The Morgan fingerprint density at radius 1 is 1.04 bits per heavy atom. The Morgan fingerprint density at radius 3 is 2.60 bits per heavy atom. The van der Waals surface area contributed by atoms with Crippen LogP contribution in [0.15, 0.2) is 60.8 Å². The van der Waals surface area contributed by atoms with E-state index >= 15 is 0 Å². The number of pyridine rings is 1. The van der Waals surface area contributed by atoms with E-state index in [4.69, 9.17) is 16.3 Å². The van der Waals surface area contributed by atoms with Gasteiger partial charge in [0.2, 0.25) is 0 Å². The third-order valence-corrected chi connectivity index (χ3v) is 4.21. The average Bonchev–Trinajstić information content (AvgIpc) is 3.08. The van der Waals surface area contributed by atoms with Gasteiger partial charge in [-0.2, -0.15) is 0 Å². The van der Waals surface area contributed by atoms with Crippen LogP contribution >= 0.6 is 11.6 Å². The second-order valence-electron chi connectivity index (χ2n) is 5.47. The highest BCUT2D eigenvalue weighted by Gasteiger charge is 2.12. The number of hydrogen-bond acceptors (Lipinski definition) is 4. The molecule has 0 aliphatic heterocycles. The van der Waals surface area contributed by atoms with Crippen LogP contribution in [0.4, 0.5) is 11.5 Å². The molecule has 2 heterocycles. The van der Waals surface area contributed by atoms with Crippen LogP contribution in [0.25, 0.3) is 22.4 Å². The summed E-state index contributed by atoms with van der Waals surface area (Å²) in [6.07, 6.45) is 1.74. The predicted molar refractivity (Wildman–Crippen MR) is 101 cm³/mol. The Bertz CT molecular complexity index is 1030. The molecule has 0 saturated heterocycles. The molecule has 0 aliphatic rings. The second kappa shape index (κ2) is 6.45. The maximum atomic E-state index is 6.28. The molecule has 0 aliphatic carbocycles. The first kappa shape index (κ1) is 15.5. The number of benzene rings is 2. The van der Waals surface area contributed by atoms with Gasteiger partial charge in [-0.15, -0.1) is 0 Å². The highest BCUT2D eigenvalue weighted by molar-refractivity contribution is 6.33. The number of aromatic nitrogens is 3. The number of methoxy groups -OCH3 is 1. The van der Waals surface area contributed by atoms with Gasteiger partial charge in [-0.25, -0.2) is 9.97 Å². The number of nitrogens with zero attached hydrogens (tertiary/aromatic N) is 2. The molecule has 0 saturated carbocycles. The molecule has 4 aromatic rings. The summed E-state index contributed by atoms with van der Waals surface area (Å²) in [5.74, 6) is 2.20. The Balaban J connectivity index is 1.73. The van der Waals surface area contributed by atoms with Gasteiger partial charge in [-0.3, -0.25) is 0 Å². The van der Waals surface area contributed by atoms with Crippen molar-refractivity contribution in [3.63, 3.8) is 0 Å². The number of aromatic amines is 1. The third kappa shape index (κ3) is 3.02.